The van der Waals surface area contributed by atoms with Gasteiger partial charge in [-0.2, -0.15) is 0 Å². The number of carbonyl (C=O) groups is 2. The van der Waals surface area contributed by atoms with Crippen LogP contribution in [0.4, 0.5) is 20.6 Å². The number of piperazine rings is 1. The smallest absolute Gasteiger partial charge is 0.414 e. The number of cyclic esters (lactones) is 1. The zero-order valence-corrected chi connectivity index (χ0v) is 17.6. The van der Waals surface area contributed by atoms with Crippen LogP contribution in [-0.4, -0.2) is 62.3 Å². The molecule has 0 aromatic heterocycles. The molecular weight excluding hydrogens is 399 g/mol. The van der Waals surface area contributed by atoms with E-state index in [1.54, 1.807) is 12.1 Å². The molecule has 1 N–H and O–H groups in total. The third kappa shape index (κ3) is 5.14. The predicted molar refractivity (Wildman–Crippen MR) is 117 cm³/mol. The second-order valence-electron chi connectivity index (χ2n) is 7.94. The fourth-order valence-electron chi connectivity index (χ4n) is 4.00. The molecule has 2 aromatic carbocycles. The molecule has 1 atom stereocenters. The van der Waals surface area contributed by atoms with Crippen molar-refractivity contribution in [1.82, 2.24) is 10.2 Å². The fraction of sp³-hybridized carbons (Fsp3) is 0.391. The molecule has 0 saturated carbocycles. The fourth-order valence-corrected chi connectivity index (χ4v) is 4.00. The summed E-state index contributed by atoms with van der Waals surface area (Å²) >= 11 is 0. The van der Waals surface area contributed by atoms with Gasteiger partial charge in [-0.3, -0.25) is 14.6 Å². The third-order valence-corrected chi connectivity index (χ3v) is 5.66. The minimum absolute atomic E-state index is 0.186. The van der Waals surface area contributed by atoms with Crippen LogP contribution in [0.15, 0.2) is 48.5 Å². The van der Waals surface area contributed by atoms with Crippen LogP contribution in [0.1, 0.15) is 12.5 Å². The van der Waals surface area contributed by atoms with E-state index in [-0.39, 0.29) is 24.8 Å². The molecule has 2 aliphatic heterocycles. The average molecular weight is 426 g/mol. The second kappa shape index (κ2) is 9.34. The minimum atomic E-state index is -0.531. The van der Waals surface area contributed by atoms with Gasteiger partial charge in [0.2, 0.25) is 5.91 Å². The number of amides is 2. The highest BCUT2D eigenvalue weighted by atomic mass is 19.1. The Balaban J connectivity index is 1.35. The SMILES string of the molecule is CC(=O)NCC1CN(c2ccc(N3CCN(Cc4ccccc4)CC3)c(F)c2)C(=O)O1. The van der Waals surface area contributed by atoms with E-state index in [1.807, 2.05) is 23.1 Å². The van der Waals surface area contributed by atoms with Crippen molar-refractivity contribution in [2.24, 2.45) is 0 Å². The van der Waals surface area contributed by atoms with Crippen LogP contribution in [0.5, 0.6) is 0 Å². The van der Waals surface area contributed by atoms with E-state index in [2.05, 4.69) is 22.3 Å². The van der Waals surface area contributed by atoms with Crippen molar-refractivity contribution in [3.05, 3.63) is 59.9 Å². The Labute approximate surface area is 181 Å². The number of hydrogen-bond acceptors (Lipinski definition) is 5. The number of nitrogens with one attached hydrogen (secondary N) is 1. The molecule has 2 fully saturated rings. The Morgan fingerprint density at radius 3 is 2.55 bits per heavy atom. The first-order chi connectivity index (χ1) is 15.0. The molecule has 7 nitrogen and oxygen atoms in total. The van der Waals surface area contributed by atoms with Crippen molar-refractivity contribution < 1.29 is 18.7 Å². The van der Waals surface area contributed by atoms with E-state index in [4.69, 9.17) is 4.74 Å². The average Bonchev–Trinajstić information content (AvgIpc) is 3.14. The van der Waals surface area contributed by atoms with Crippen molar-refractivity contribution in [3.8, 4) is 0 Å². The van der Waals surface area contributed by atoms with Gasteiger partial charge in [0.25, 0.3) is 0 Å². The number of ether oxygens (including phenoxy) is 1. The van der Waals surface area contributed by atoms with Crippen molar-refractivity contribution in [2.45, 2.75) is 19.6 Å². The highest BCUT2D eigenvalue weighted by Crippen LogP contribution is 2.28. The van der Waals surface area contributed by atoms with Gasteiger partial charge < -0.3 is 15.0 Å². The van der Waals surface area contributed by atoms with Gasteiger partial charge >= 0.3 is 6.09 Å². The summed E-state index contributed by atoms with van der Waals surface area (Å²) in [5.41, 5.74) is 2.28. The molecule has 0 spiro atoms. The van der Waals surface area contributed by atoms with E-state index >= 15 is 0 Å². The topological polar surface area (TPSA) is 65.1 Å². The van der Waals surface area contributed by atoms with Crippen molar-refractivity contribution >= 4 is 23.4 Å². The van der Waals surface area contributed by atoms with Gasteiger partial charge in [-0.15, -0.1) is 0 Å². The highest BCUT2D eigenvalue weighted by Gasteiger charge is 2.33. The molecule has 0 bridgehead atoms. The summed E-state index contributed by atoms with van der Waals surface area (Å²) in [6.07, 6.45) is -0.978. The number of rotatable bonds is 6. The van der Waals surface area contributed by atoms with Gasteiger partial charge in [0.15, 0.2) is 0 Å². The summed E-state index contributed by atoms with van der Waals surface area (Å²) < 4.78 is 20.2. The van der Waals surface area contributed by atoms with Gasteiger partial charge in [-0.05, 0) is 23.8 Å². The van der Waals surface area contributed by atoms with Crippen LogP contribution in [0.2, 0.25) is 0 Å². The maximum absolute atomic E-state index is 14.9. The number of nitrogens with zero attached hydrogens (tertiary/aromatic N) is 3. The molecule has 2 aromatic rings. The number of anilines is 2. The monoisotopic (exact) mass is 426 g/mol. The van der Waals surface area contributed by atoms with Crippen LogP contribution < -0.4 is 15.1 Å². The highest BCUT2D eigenvalue weighted by molar-refractivity contribution is 5.90. The number of benzene rings is 2. The molecule has 0 aliphatic carbocycles. The maximum Gasteiger partial charge on any atom is 0.414 e. The minimum Gasteiger partial charge on any atom is -0.442 e. The lowest BCUT2D eigenvalue weighted by atomic mass is 10.1. The summed E-state index contributed by atoms with van der Waals surface area (Å²) in [6, 6.07) is 15.2. The first-order valence-electron chi connectivity index (χ1n) is 10.5. The molecule has 164 valence electrons. The lowest BCUT2D eigenvalue weighted by Crippen LogP contribution is -2.46. The summed E-state index contributed by atoms with van der Waals surface area (Å²) in [4.78, 5) is 29.0. The van der Waals surface area contributed by atoms with Gasteiger partial charge in [-0.1, -0.05) is 30.3 Å². The van der Waals surface area contributed by atoms with Crippen molar-refractivity contribution in [1.29, 1.82) is 0 Å². The number of carbonyl (C=O) groups excluding carboxylic acids is 2. The van der Waals surface area contributed by atoms with E-state index < -0.39 is 12.2 Å². The maximum atomic E-state index is 14.9. The normalized spacial score (nSPS) is 19.4. The van der Waals surface area contributed by atoms with Crippen LogP contribution in [0.25, 0.3) is 0 Å². The number of hydrogen-bond donors (Lipinski definition) is 1. The quantitative estimate of drug-likeness (QED) is 0.769. The molecule has 8 heteroatoms. The summed E-state index contributed by atoms with van der Waals surface area (Å²) in [7, 11) is 0. The summed E-state index contributed by atoms with van der Waals surface area (Å²) in [5, 5.41) is 2.63. The Hall–Kier alpha value is -3.13. The van der Waals surface area contributed by atoms with Crippen LogP contribution in [-0.2, 0) is 16.1 Å². The van der Waals surface area contributed by atoms with E-state index in [9.17, 15) is 14.0 Å². The van der Waals surface area contributed by atoms with Gasteiger partial charge in [-0.25, -0.2) is 9.18 Å². The summed E-state index contributed by atoms with van der Waals surface area (Å²) in [5.74, 6) is -0.541. The van der Waals surface area contributed by atoms with Crippen molar-refractivity contribution in [2.75, 3.05) is 49.1 Å². The number of halogens is 1. The van der Waals surface area contributed by atoms with Crippen LogP contribution in [0.3, 0.4) is 0 Å². The predicted octanol–water partition coefficient (Wildman–Crippen LogP) is 2.61. The first kappa shape index (κ1) is 21.1. The molecule has 0 radical (unpaired) electrons. The van der Waals surface area contributed by atoms with E-state index in [0.29, 0.717) is 11.4 Å². The molecule has 31 heavy (non-hydrogen) atoms. The van der Waals surface area contributed by atoms with E-state index in [0.717, 1.165) is 32.7 Å². The zero-order valence-electron chi connectivity index (χ0n) is 17.6. The zero-order chi connectivity index (χ0) is 21.8. The van der Waals surface area contributed by atoms with Gasteiger partial charge in [0, 0.05) is 39.6 Å². The largest absolute Gasteiger partial charge is 0.442 e. The third-order valence-electron chi connectivity index (χ3n) is 5.66. The Morgan fingerprint density at radius 1 is 1.13 bits per heavy atom. The standard InChI is InChI=1S/C23H27FN4O3/c1-17(29)25-14-20-16-28(23(30)31-20)19-7-8-22(21(24)13-19)27-11-9-26(10-12-27)15-18-5-3-2-4-6-18/h2-8,13,20H,9-12,14-16H2,1H3,(H,25,29). The van der Waals surface area contributed by atoms with Gasteiger partial charge in [0.05, 0.1) is 24.5 Å². The van der Waals surface area contributed by atoms with Gasteiger partial charge in [0.1, 0.15) is 11.9 Å². The summed E-state index contributed by atoms with van der Waals surface area (Å²) in [6.45, 7) is 6.03. The van der Waals surface area contributed by atoms with E-state index in [1.165, 1.54) is 23.5 Å². The second-order valence-corrected chi connectivity index (χ2v) is 7.94. The Bertz CT molecular complexity index is 932. The Morgan fingerprint density at radius 2 is 1.87 bits per heavy atom. The Kier molecular flexibility index (Phi) is 6.36. The first-order valence-corrected chi connectivity index (χ1v) is 10.5. The van der Waals surface area contributed by atoms with Crippen LogP contribution >= 0.6 is 0 Å². The molecule has 1 unspecified atom stereocenters. The lowest BCUT2D eigenvalue weighted by Gasteiger charge is -2.36. The van der Waals surface area contributed by atoms with Crippen LogP contribution in [0, 0.1) is 5.82 Å². The molecular formula is C23H27FN4O3. The molecule has 4 rings (SSSR count). The van der Waals surface area contributed by atoms with Crippen molar-refractivity contribution in [3.63, 3.8) is 0 Å². The molecule has 2 heterocycles. The molecule has 2 amide bonds. The molecule has 2 aliphatic rings. The molecule has 2 saturated heterocycles. The lowest BCUT2D eigenvalue weighted by molar-refractivity contribution is -0.119.